The Kier molecular flexibility index (Phi) is 5.80. The summed E-state index contributed by atoms with van der Waals surface area (Å²) in [4.78, 5) is 10.5. The number of carboxylic acid groups (broad SMARTS) is 1. The average Bonchev–Trinajstić information content (AvgIpc) is 2.48. The van der Waals surface area contributed by atoms with E-state index in [1.165, 1.54) is 0 Å². The molecule has 1 aliphatic heterocycles. The van der Waals surface area contributed by atoms with Crippen LogP contribution in [0.1, 0.15) is 44.8 Å². The number of phenolic OH excluding ortho intramolecular Hbond substituents is 1. The number of hydrogen-bond acceptors (Lipinski definition) is 4. The lowest BCUT2D eigenvalue weighted by Crippen LogP contribution is -2.41. The highest BCUT2D eigenvalue weighted by atomic mass is 16.7. The van der Waals surface area contributed by atoms with Gasteiger partial charge in [-0.15, -0.1) is 0 Å². The van der Waals surface area contributed by atoms with Crippen molar-refractivity contribution in [2.75, 3.05) is 6.61 Å². The van der Waals surface area contributed by atoms with Crippen molar-refractivity contribution < 1.29 is 24.5 Å². The van der Waals surface area contributed by atoms with Crippen LogP contribution in [-0.4, -0.2) is 28.6 Å². The zero-order valence-corrected chi connectivity index (χ0v) is 13.6. The van der Waals surface area contributed by atoms with Gasteiger partial charge in [-0.2, -0.15) is 0 Å². The summed E-state index contributed by atoms with van der Waals surface area (Å²) in [6.07, 6.45) is 4.92. The smallest absolute Gasteiger partial charge is 0.303 e. The third kappa shape index (κ3) is 5.08. The molecule has 0 aromatic heterocycles. The molecular weight excluding hydrogens is 296 g/mol. The Morgan fingerprint density at radius 2 is 2.09 bits per heavy atom. The van der Waals surface area contributed by atoms with E-state index in [-0.39, 0.29) is 24.2 Å². The molecule has 0 amide bonds. The molecule has 5 nitrogen and oxygen atoms in total. The average molecular weight is 320 g/mol. The maximum atomic E-state index is 10.5. The second kappa shape index (κ2) is 7.62. The minimum absolute atomic E-state index is 0.0670. The van der Waals surface area contributed by atoms with E-state index in [1.54, 1.807) is 12.1 Å². The number of para-hydroxylation sites is 1. The third-order valence-corrected chi connectivity index (χ3v) is 3.86. The highest BCUT2D eigenvalue weighted by Gasteiger charge is 2.37. The van der Waals surface area contributed by atoms with Crippen molar-refractivity contribution in [2.45, 2.75) is 45.0 Å². The predicted molar refractivity (Wildman–Crippen MR) is 86.1 cm³/mol. The van der Waals surface area contributed by atoms with Crippen LogP contribution in [0.3, 0.4) is 0 Å². The largest absolute Gasteiger partial charge is 0.508 e. The molecular formula is C18H24O5. The van der Waals surface area contributed by atoms with Gasteiger partial charge in [0.05, 0.1) is 12.7 Å². The maximum absolute atomic E-state index is 10.5. The fourth-order valence-corrected chi connectivity index (χ4v) is 2.66. The number of carbonyl (C=O) groups is 1. The summed E-state index contributed by atoms with van der Waals surface area (Å²) < 4.78 is 11.8. The second-order valence-corrected chi connectivity index (χ2v) is 6.21. The number of ether oxygens (including phenoxy) is 2. The summed E-state index contributed by atoms with van der Waals surface area (Å²) in [5.74, 6) is -1.21. The van der Waals surface area contributed by atoms with Gasteiger partial charge in [0, 0.05) is 17.9 Å². The number of benzene rings is 1. The van der Waals surface area contributed by atoms with Crippen molar-refractivity contribution in [3.8, 4) is 5.75 Å². The van der Waals surface area contributed by atoms with E-state index in [0.717, 1.165) is 5.56 Å². The Morgan fingerprint density at radius 1 is 1.35 bits per heavy atom. The van der Waals surface area contributed by atoms with Gasteiger partial charge in [-0.05, 0) is 32.8 Å². The molecule has 1 heterocycles. The summed E-state index contributed by atoms with van der Waals surface area (Å²) in [5, 5.41) is 18.8. The van der Waals surface area contributed by atoms with E-state index in [4.69, 9.17) is 14.6 Å². The van der Waals surface area contributed by atoms with Crippen molar-refractivity contribution in [3.05, 3.63) is 42.0 Å². The number of phenols is 1. The molecule has 2 rings (SSSR count). The Bertz CT molecular complexity index is 564. The summed E-state index contributed by atoms with van der Waals surface area (Å²) in [6, 6.07) is 7.17. The van der Waals surface area contributed by atoms with Crippen LogP contribution in [0.5, 0.6) is 5.75 Å². The van der Waals surface area contributed by atoms with Gasteiger partial charge >= 0.3 is 5.97 Å². The first kappa shape index (κ1) is 17.5. The van der Waals surface area contributed by atoms with Gasteiger partial charge in [-0.3, -0.25) is 4.79 Å². The van der Waals surface area contributed by atoms with E-state index in [9.17, 15) is 9.90 Å². The highest BCUT2D eigenvalue weighted by Crippen LogP contribution is 2.41. The van der Waals surface area contributed by atoms with Crippen LogP contribution in [-0.2, 0) is 14.3 Å². The standard InChI is InChI=1S/C18H24O5/c1-18(2)22-12-13(8-4-3-5-11-16(20)21)17(23-18)14-9-6-7-10-15(14)19/h3-4,6-7,9-10,13,17,19H,5,8,11-12H2,1-2H3,(H,20,21)/b4-3-/t13?,17-/m0/s1. The topological polar surface area (TPSA) is 76.0 Å². The predicted octanol–water partition coefficient (Wildman–Crippen LogP) is 3.64. The lowest BCUT2D eigenvalue weighted by molar-refractivity contribution is -0.295. The molecule has 23 heavy (non-hydrogen) atoms. The molecule has 2 atom stereocenters. The summed E-state index contributed by atoms with van der Waals surface area (Å²) in [5.41, 5.74) is 0.757. The zero-order valence-electron chi connectivity index (χ0n) is 13.6. The minimum atomic E-state index is -0.798. The van der Waals surface area contributed by atoms with E-state index in [0.29, 0.717) is 19.4 Å². The first-order valence-corrected chi connectivity index (χ1v) is 7.85. The van der Waals surface area contributed by atoms with Crippen molar-refractivity contribution in [2.24, 2.45) is 5.92 Å². The van der Waals surface area contributed by atoms with Crippen LogP contribution >= 0.6 is 0 Å². The van der Waals surface area contributed by atoms with Crippen molar-refractivity contribution >= 4 is 5.97 Å². The number of hydrogen-bond donors (Lipinski definition) is 2. The SMILES string of the molecule is CC1(C)OCC(C/C=C\CCC(=O)O)[C@@H](c2ccccc2O)O1. The van der Waals surface area contributed by atoms with Crippen molar-refractivity contribution in [3.63, 3.8) is 0 Å². The highest BCUT2D eigenvalue weighted by molar-refractivity contribution is 5.66. The Hall–Kier alpha value is -1.85. The monoisotopic (exact) mass is 320 g/mol. The first-order valence-electron chi connectivity index (χ1n) is 7.85. The van der Waals surface area contributed by atoms with Gasteiger partial charge in [0.1, 0.15) is 5.75 Å². The van der Waals surface area contributed by atoms with Crippen molar-refractivity contribution in [1.29, 1.82) is 0 Å². The number of aromatic hydroxyl groups is 1. The fourth-order valence-electron chi connectivity index (χ4n) is 2.66. The summed E-state index contributed by atoms with van der Waals surface area (Å²) in [7, 11) is 0. The van der Waals surface area contributed by atoms with Crippen LogP contribution < -0.4 is 0 Å². The Morgan fingerprint density at radius 3 is 2.78 bits per heavy atom. The molecule has 0 radical (unpaired) electrons. The molecule has 126 valence electrons. The molecule has 0 bridgehead atoms. The fraction of sp³-hybridized carbons (Fsp3) is 0.500. The van der Waals surface area contributed by atoms with Gasteiger partial charge in [0.25, 0.3) is 0 Å². The van der Waals surface area contributed by atoms with E-state index in [2.05, 4.69) is 0 Å². The molecule has 0 saturated carbocycles. The number of aliphatic carboxylic acids is 1. The first-order chi connectivity index (χ1) is 10.9. The molecule has 2 N–H and O–H groups in total. The van der Waals surface area contributed by atoms with Gasteiger partial charge in [0.15, 0.2) is 5.79 Å². The van der Waals surface area contributed by atoms with Crippen LogP contribution in [0.2, 0.25) is 0 Å². The minimum Gasteiger partial charge on any atom is -0.508 e. The van der Waals surface area contributed by atoms with E-state index >= 15 is 0 Å². The Balaban J connectivity index is 2.07. The Labute approximate surface area is 136 Å². The number of rotatable bonds is 6. The number of carboxylic acids is 1. The zero-order chi connectivity index (χ0) is 16.9. The van der Waals surface area contributed by atoms with Crippen LogP contribution in [0.15, 0.2) is 36.4 Å². The molecule has 1 aliphatic rings. The van der Waals surface area contributed by atoms with Crippen LogP contribution in [0.25, 0.3) is 0 Å². The summed E-state index contributed by atoms with van der Waals surface area (Å²) >= 11 is 0. The van der Waals surface area contributed by atoms with Crippen LogP contribution in [0.4, 0.5) is 0 Å². The van der Waals surface area contributed by atoms with Gasteiger partial charge < -0.3 is 19.7 Å². The molecule has 1 aromatic rings. The lowest BCUT2D eigenvalue weighted by atomic mass is 9.91. The van der Waals surface area contributed by atoms with E-state index < -0.39 is 11.8 Å². The van der Waals surface area contributed by atoms with Gasteiger partial charge in [0.2, 0.25) is 0 Å². The molecule has 1 unspecified atom stereocenters. The maximum Gasteiger partial charge on any atom is 0.303 e. The van der Waals surface area contributed by atoms with Gasteiger partial charge in [-0.1, -0.05) is 30.4 Å². The number of allylic oxidation sites excluding steroid dienone is 2. The molecule has 1 aromatic carbocycles. The van der Waals surface area contributed by atoms with E-state index in [1.807, 2.05) is 38.1 Å². The summed E-state index contributed by atoms with van der Waals surface area (Å²) in [6.45, 7) is 4.24. The molecule has 0 aliphatic carbocycles. The third-order valence-electron chi connectivity index (χ3n) is 3.86. The second-order valence-electron chi connectivity index (χ2n) is 6.21. The van der Waals surface area contributed by atoms with Crippen LogP contribution in [0, 0.1) is 5.92 Å². The molecule has 0 spiro atoms. The lowest BCUT2D eigenvalue weighted by Gasteiger charge is -2.41. The molecule has 5 heteroatoms. The quantitative estimate of drug-likeness (QED) is 0.783. The van der Waals surface area contributed by atoms with Gasteiger partial charge in [-0.25, -0.2) is 0 Å². The van der Waals surface area contributed by atoms with Crippen molar-refractivity contribution in [1.82, 2.24) is 0 Å². The molecule has 1 saturated heterocycles. The molecule has 1 fully saturated rings. The normalized spacial score (nSPS) is 23.9.